The van der Waals surface area contributed by atoms with Crippen molar-refractivity contribution in [3.8, 4) is 11.5 Å². The quantitative estimate of drug-likeness (QED) is 0.854. The van der Waals surface area contributed by atoms with Crippen LogP contribution in [0.15, 0.2) is 18.2 Å². The summed E-state index contributed by atoms with van der Waals surface area (Å²) in [5.41, 5.74) is 7.13. The first kappa shape index (κ1) is 12.2. The Morgan fingerprint density at radius 1 is 1.29 bits per heavy atom. The highest BCUT2D eigenvalue weighted by molar-refractivity contribution is 5.42. The van der Waals surface area contributed by atoms with E-state index in [0.717, 1.165) is 37.6 Å². The molecule has 0 unspecified atom stereocenters. The normalized spacial score (nSPS) is 20.5. The first-order chi connectivity index (χ1) is 8.22. The summed E-state index contributed by atoms with van der Waals surface area (Å²) < 4.78 is 10.5. The summed E-state index contributed by atoms with van der Waals surface area (Å²) in [6.45, 7) is 2.98. The fourth-order valence-electron chi connectivity index (χ4n) is 2.24. The Morgan fingerprint density at radius 3 is 2.65 bits per heavy atom. The maximum Gasteiger partial charge on any atom is 0.161 e. The van der Waals surface area contributed by atoms with Gasteiger partial charge in [-0.3, -0.25) is 4.90 Å². The number of likely N-dealkylation sites (tertiary alicyclic amines) is 1. The minimum Gasteiger partial charge on any atom is -0.493 e. The van der Waals surface area contributed by atoms with Gasteiger partial charge in [0.15, 0.2) is 11.5 Å². The SMILES string of the molecule is COc1ccc(CN2CC[C@H](N)C2)cc1OC. The Morgan fingerprint density at radius 2 is 2.06 bits per heavy atom. The molecule has 1 aromatic rings. The van der Waals surface area contributed by atoms with E-state index in [0.29, 0.717) is 6.04 Å². The van der Waals surface area contributed by atoms with E-state index in [1.54, 1.807) is 14.2 Å². The summed E-state index contributed by atoms with van der Waals surface area (Å²) in [7, 11) is 3.31. The third-order valence-corrected chi connectivity index (χ3v) is 3.16. The predicted octanol–water partition coefficient (Wildman–Crippen LogP) is 1.24. The van der Waals surface area contributed by atoms with Crippen molar-refractivity contribution in [2.24, 2.45) is 5.73 Å². The Labute approximate surface area is 102 Å². The molecule has 0 aromatic heterocycles. The van der Waals surface area contributed by atoms with Crippen molar-refractivity contribution < 1.29 is 9.47 Å². The molecule has 1 heterocycles. The molecule has 0 amide bonds. The summed E-state index contributed by atoms with van der Waals surface area (Å²) in [5, 5.41) is 0. The van der Waals surface area contributed by atoms with Gasteiger partial charge in [0.05, 0.1) is 14.2 Å². The fourth-order valence-corrected chi connectivity index (χ4v) is 2.24. The van der Waals surface area contributed by atoms with Crippen molar-refractivity contribution in [1.82, 2.24) is 4.90 Å². The highest BCUT2D eigenvalue weighted by Crippen LogP contribution is 2.28. The molecule has 4 nitrogen and oxygen atoms in total. The molecule has 0 bridgehead atoms. The number of hydrogen-bond donors (Lipinski definition) is 1. The zero-order valence-corrected chi connectivity index (χ0v) is 10.5. The smallest absolute Gasteiger partial charge is 0.161 e. The van der Waals surface area contributed by atoms with Crippen LogP contribution in [0.3, 0.4) is 0 Å². The topological polar surface area (TPSA) is 47.7 Å². The molecule has 0 saturated carbocycles. The van der Waals surface area contributed by atoms with Crippen LogP contribution in [0.1, 0.15) is 12.0 Å². The van der Waals surface area contributed by atoms with Gasteiger partial charge < -0.3 is 15.2 Å². The molecule has 0 aliphatic carbocycles. The van der Waals surface area contributed by atoms with Gasteiger partial charge in [0.25, 0.3) is 0 Å². The molecule has 1 aliphatic rings. The van der Waals surface area contributed by atoms with Crippen LogP contribution >= 0.6 is 0 Å². The van der Waals surface area contributed by atoms with Gasteiger partial charge in [-0.05, 0) is 24.1 Å². The molecule has 0 spiro atoms. The molecule has 94 valence electrons. The number of methoxy groups -OCH3 is 2. The minimum absolute atomic E-state index is 0.329. The fraction of sp³-hybridized carbons (Fsp3) is 0.538. The van der Waals surface area contributed by atoms with Crippen molar-refractivity contribution in [3.05, 3.63) is 23.8 Å². The van der Waals surface area contributed by atoms with Crippen LogP contribution < -0.4 is 15.2 Å². The average molecular weight is 236 g/mol. The van der Waals surface area contributed by atoms with Gasteiger partial charge in [0.2, 0.25) is 0 Å². The lowest BCUT2D eigenvalue weighted by Gasteiger charge is -2.16. The van der Waals surface area contributed by atoms with Gasteiger partial charge in [0, 0.05) is 25.7 Å². The summed E-state index contributed by atoms with van der Waals surface area (Å²) in [5.74, 6) is 1.56. The molecular formula is C13H20N2O2. The van der Waals surface area contributed by atoms with Gasteiger partial charge >= 0.3 is 0 Å². The van der Waals surface area contributed by atoms with Crippen LogP contribution in [0, 0.1) is 0 Å². The number of ether oxygens (including phenoxy) is 2. The van der Waals surface area contributed by atoms with Crippen LogP contribution in [0.25, 0.3) is 0 Å². The third-order valence-electron chi connectivity index (χ3n) is 3.16. The maximum atomic E-state index is 5.89. The lowest BCUT2D eigenvalue weighted by atomic mass is 10.2. The zero-order chi connectivity index (χ0) is 12.3. The van der Waals surface area contributed by atoms with Crippen molar-refractivity contribution in [2.45, 2.75) is 19.0 Å². The van der Waals surface area contributed by atoms with Crippen LogP contribution in [0.4, 0.5) is 0 Å². The van der Waals surface area contributed by atoms with Crippen molar-refractivity contribution >= 4 is 0 Å². The number of nitrogens with two attached hydrogens (primary N) is 1. The van der Waals surface area contributed by atoms with Crippen LogP contribution in [-0.2, 0) is 6.54 Å². The molecule has 1 aromatic carbocycles. The van der Waals surface area contributed by atoms with Crippen LogP contribution in [0.2, 0.25) is 0 Å². The third kappa shape index (κ3) is 2.90. The molecule has 1 fully saturated rings. The Bertz CT molecular complexity index is 382. The van der Waals surface area contributed by atoms with Crippen molar-refractivity contribution in [1.29, 1.82) is 0 Å². The van der Waals surface area contributed by atoms with Gasteiger partial charge in [-0.2, -0.15) is 0 Å². The van der Waals surface area contributed by atoms with Crippen LogP contribution in [-0.4, -0.2) is 38.3 Å². The van der Waals surface area contributed by atoms with Gasteiger partial charge in [-0.15, -0.1) is 0 Å². The number of rotatable bonds is 4. The lowest BCUT2D eigenvalue weighted by Crippen LogP contribution is -2.26. The second kappa shape index (κ2) is 5.38. The van der Waals surface area contributed by atoms with E-state index in [-0.39, 0.29) is 0 Å². The Hall–Kier alpha value is -1.26. The van der Waals surface area contributed by atoms with E-state index in [2.05, 4.69) is 11.0 Å². The maximum absolute atomic E-state index is 5.89. The molecule has 1 saturated heterocycles. The van der Waals surface area contributed by atoms with Crippen molar-refractivity contribution in [2.75, 3.05) is 27.3 Å². The molecule has 1 aliphatic heterocycles. The highest BCUT2D eigenvalue weighted by Gasteiger charge is 2.19. The molecule has 17 heavy (non-hydrogen) atoms. The summed E-state index contributed by atoms with van der Waals surface area (Å²) in [6.07, 6.45) is 1.09. The van der Waals surface area contributed by atoms with Gasteiger partial charge in [-0.25, -0.2) is 0 Å². The first-order valence-corrected chi connectivity index (χ1v) is 5.91. The van der Waals surface area contributed by atoms with E-state index >= 15 is 0 Å². The number of nitrogens with zero attached hydrogens (tertiary/aromatic N) is 1. The van der Waals surface area contributed by atoms with E-state index in [1.165, 1.54) is 5.56 Å². The second-order valence-electron chi connectivity index (χ2n) is 4.47. The van der Waals surface area contributed by atoms with E-state index in [1.807, 2.05) is 12.1 Å². The van der Waals surface area contributed by atoms with E-state index < -0.39 is 0 Å². The largest absolute Gasteiger partial charge is 0.493 e. The van der Waals surface area contributed by atoms with E-state index in [4.69, 9.17) is 15.2 Å². The van der Waals surface area contributed by atoms with Crippen LogP contribution in [0.5, 0.6) is 11.5 Å². The lowest BCUT2D eigenvalue weighted by molar-refractivity contribution is 0.323. The Kier molecular flexibility index (Phi) is 3.86. The predicted molar refractivity (Wildman–Crippen MR) is 67.4 cm³/mol. The Balaban J connectivity index is 2.06. The number of benzene rings is 1. The van der Waals surface area contributed by atoms with E-state index in [9.17, 15) is 0 Å². The van der Waals surface area contributed by atoms with Gasteiger partial charge in [-0.1, -0.05) is 6.07 Å². The molecule has 1 atom stereocenters. The van der Waals surface area contributed by atoms with Gasteiger partial charge in [0.1, 0.15) is 0 Å². The monoisotopic (exact) mass is 236 g/mol. The highest BCUT2D eigenvalue weighted by atomic mass is 16.5. The zero-order valence-electron chi connectivity index (χ0n) is 10.5. The standard InChI is InChI=1S/C13H20N2O2/c1-16-12-4-3-10(7-13(12)17-2)8-15-6-5-11(14)9-15/h3-4,7,11H,5-6,8-9,14H2,1-2H3/t11-/m0/s1. The summed E-state index contributed by atoms with van der Waals surface area (Å²) >= 11 is 0. The first-order valence-electron chi connectivity index (χ1n) is 5.91. The molecule has 4 heteroatoms. The van der Waals surface area contributed by atoms with Crippen molar-refractivity contribution in [3.63, 3.8) is 0 Å². The molecule has 2 N–H and O–H groups in total. The molecule has 0 radical (unpaired) electrons. The minimum atomic E-state index is 0.329. The molecular weight excluding hydrogens is 216 g/mol. The average Bonchev–Trinajstić information content (AvgIpc) is 2.74. The molecule has 2 rings (SSSR count). The number of hydrogen-bond acceptors (Lipinski definition) is 4. The summed E-state index contributed by atoms with van der Waals surface area (Å²) in [6, 6.07) is 6.38. The second-order valence-corrected chi connectivity index (χ2v) is 4.47. The summed E-state index contributed by atoms with van der Waals surface area (Å²) in [4.78, 5) is 2.37.